The van der Waals surface area contributed by atoms with E-state index < -0.39 is 15.8 Å². The minimum absolute atomic E-state index is 0.00949. The van der Waals surface area contributed by atoms with Crippen molar-refractivity contribution in [2.45, 2.75) is 31.2 Å². The largest absolute Gasteiger partial charge is 0.242 e. The summed E-state index contributed by atoms with van der Waals surface area (Å²) in [5, 5.41) is 0.685. The van der Waals surface area contributed by atoms with Gasteiger partial charge >= 0.3 is 0 Å². The minimum Gasteiger partial charge on any atom is -0.208 e. The van der Waals surface area contributed by atoms with E-state index in [4.69, 9.17) is 11.6 Å². The Morgan fingerprint density at radius 2 is 2.05 bits per heavy atom. The number of benzene rings is 1. The van der Waals surface area contributed by atoms with Gasteiger partial charge in [-0.3, -0.25) is 0 Å². The average Bonchev–Trinajstić information content (AvgIpc) is 2.31. The first kappa shape index (κ1) is 16.9. The van der Waals surface area contributed by atoms with E-state index >= 15 is 0 Å². The summed E-state index contributed by atoms with van der Waals surface area (Å²) in [7, 11) is -3.82. The standard InChI is InChI=1S/C12H16BrClFNO2S/c1-8(2)11(5-6-13)16-19(17,18)12-7-9(15)3-4-10(12)14/h3-4,7-8,11,16H,5-6H2,1-2H3. The van der Waals surface area contributed by atoms with Crippen LogP contribution in [0.15, 0.2) is 23.1 Å². The molecule has 1 N–H and O–H groups in total. The Morgan fingerprint density at radius 3 is 2.58 bits per heavy atom. The molecule has 19 heavy (non-hydrogen) atoms. The highest BCUT2D eigenvalue weighted by Gasteiger charge is 2.24. The van der Waals surface area contributed by atoms with Crippen molar-refractivity contribution < 1.29 is 12.8 Å². The van der Waals surface area contributed by atoms with Gasteiger partial charge in [-0.05, 0) is 30.5 Å². The molecule has 3 nitrogen and oxygen atoms in total. The van der Waals surface area contributed by atoms with E-state index in [1.54, 1.807) is 0 Å². The zero-order valence-corrected chi connectivity index (χ0v) is 13.8. The number of halogens is 3. The van der Waals surface area contributed by atoms with Gasteiger partial charge in [0.1, 0.15) is 10.7 Å². The predicted octanol–water partition coefficient (Wildman–Crippen LogP) is 3.57. The predicted molar refractivity (Wildman–Crippen MR) is 78.8 cm³/mol. The van der Waals surface area contributed by atoms with E-state index in [1.807, 2.05) is 13.8 Å². The van der Waals surface area contributed by atoms with Crippen LogP contribution in [0.3, 0.4) is 0 Å². The fraction of sp³-hybridized carbons (Fsp3) is 0.500. The molecule has 0 radical (unpaired) electrons. The molecule has 0 aliphatic heterocycles. The summed E-state index contributed by atoms with van der Waals surface area (Å²) >= 11 is 9.11. The van der Waals surface area contributed by atoms with Crippen molar-refractivity contribution in [2.24, 2.45) is 5.92 Å². The maximum atomic E-state index is 13.2. The van der Waals surface area contributed by atoms with Gasteiger partial charge in [0.05, 0.1) is 5.02 Å². The van der Waals surface area contributed by atoms with Crippen LogP contribution in [0.4, 0.5) is 4.39 Å². The lowest BCUT2D eigenvalue weighted by atomic mass is 10.0. The van der Waals surface area contributed by atoms with Gasteiger partial charge in [0.2, 0.25) is 10.0 Å². The normalized spacial score (nSPS) is 13.8. The van der Waals surface area contributed by atoms with E-state index in [2.05, 4.69) is 20.7 Å². The van der Waals surface area contributed by atoms with Crippen LogP contribution in [0.2, 0.25) is 5.02 Å². The lowest BCUT2D eigenvalue weighted by Gasteiger charge is -2.21. The lowest BCUT2D eigenvalue weighted by Crippen LogP contribution is -2.38. The highest BCUT2D eigenvalue weighted by molar-refractivity contribution is 9.09. The molecule has 0 saturated carbocycles. The summed E-state index contributed by atoms with van der Waals surface area (Å²) in [5.41, 5.74) is 0. The van der Waals surface area contributed by atoms with Crippen molar-refractivity contribution in [3.8, 4) is 0 Å². The van der Waals surface area contributed by atoms with Crippen molar-refractivity contribution in [1.29, 1.82) is 0 Å². The van der Waals surface area contributed by atoms with E-state index in [0.717, 1.165) is 12.1 Å². The Labute approximate surface area is 126 Å². The van der Waals surface area contributed by atoms with Crippen LogP contribution in [-0.4, -0.2) is 19.8 Å². The summed E-state index contributed by atoms with van der Waals surface area (Å²) in [6.07, 6.45) is 0.643. The number of alkyl halides is 1. The fourth-order valence-electron chi connectivity index (χ4n) is 1.59. The summed E-state index contributed by atoms with van der Waals surface area (Å²) in [6.45, 7) is 3.84. The SMILES string of the molecule is CC(C)C(CCBr)NS(=O)(=O)c1cc(F)ccc1Cl. The molecule has 0 bridgehead atoms. The molecule has 0 aliphatic rings. The van der Waals surface area contributed by atoms with Gasteiger partial charge in [-0.1, -0.05) is 41.4 Å². The molecule has 1 rings (SSSR count). The highest BCUT2D eigenvalue weighted by Crippen LogP contribution is 2.23. The zero-order chi connectivity index (χ0) is 14.6. The van der Waals surface area contributed by atoms with Crippen molar-refractivity contribution in [1.82, 2.24) is 4.72 Å². The molecule has 1 atom stereocenters. The van der Waals surface area contributed by atoms with Crippen molar-refractivity contribution >= 4 is 37.6 Å². The number of hydrogen-bond acceptors (Lipinski definition) is 2. The second-order valence-electron chi connectivity index (χ2n) is 4.52. The number of nitrogens with one attached hydrogen (secondary N) is 1. The van der Waals surface area contributed by atoms with Crippen molar-refractivity contribution in [3.63, 3.8) is 0 Å². The zero-order valence-electron chi connectivity index (χ0n) is 10.7. The van der Waals surface area contributed by atoms with Gasteiger partial charge in [0, 0.05) is 11.4 Å². The molecule has 0 aliphatic carbocycles. The monoisotopic (exact) mass is 371 g/mol. The Morgan fingerprint density at radius 1 is 1.42 bits per heavy atom. The number of sulfonamides is 1. The van der Waals surface area contributed by atoms with Crippen molar-refractivity contribution in [2.75, 3.05) is 5.33 Å². The van der Waals surface area contributed by atoms with Crippen LogP contribution >= 0.6 is 27.5 Å². The summed E-state index contributed by atoms with van der Waals surface area (Å²) in [4.78, 5) is -0.227. The molecule has 0 spiro atoms. The first-order chi connectivity index (χ1) is 8.77. The van der Waals surface area contributed by atoms with Gasteiger partial charge in [-0.25, -0.2) is 17.5 Å². The van der Waals surface area contributed by atoms with E-state index in [0.29, 0.717) is 11.8 Å². The number of rotatable bonds is 6. The number of hydrogen-bond donors (Lipinski definition) is 1. The third-order valence-electron chi connectivity index (χ3n) is 2.71. The summed E-state index contributed by atoms with van der Waals surface area (Å²) < 4.78 is 40.2. The molecule has 1 aromatic carbocycles. The van der Waals surface area contributed by atoms with Crippen LogP contribution in [0, 0.1) is 11.7 Å². The van der Waals surface area contributed by atoms with Crippen LogP contribution in [0.5, 0.6) is 0 Å². The van der Waals surface area contributed by atoms with Gasteiger partial charge < -0.3 is 0 Å². The smallest absolute Gasteiger partial charge is 0.208 e. The molecular weight excluding hydrogens is 357 g/mol. The molecule has 0 heterocycles. The van der Waals surface area contributed by atoms with Crippen LogP contribution in [0.25, 0.3) is 0 Å². The molecule has 0 saturated heterocycles. The summed E-state index contributed by atoms with van der Waals surface area (Å²) in [5.74, 6) is -0.508. The first-order valence-corrected chi connectivity index (χ1v) is 8.79. The van der Waals surface area contributed by atoms with Gasteiger partial charge in [-0.15, -0.1) is 0 Å². The van der Waals surface area contributed by atoms with Crippen LogP contribution < -0.4 is 4.72 Å². The maximum Gasteiger partial charge on any atom is 0.242 e. The molecule has 0 fully saturated rings. The van der Waals surface area contributed by atoms with E-state index in [-0.39, 0.29) is 21.9 Å². The Bertz CT molecular complexity index is 537. The topological polar surface area (TPSA) is 46.2 Å². The molecular formula is C12H16BrClFNO2S. The van der Waals surface area contributed by atoms with Gasteiger partial charge in [-0.2, -0.15) is 0 Å². The highest BCUT2D eigenvalue weighted by atomic mass is 79.9. The molecule has 0 aromatic heterocycles. The fourth-order valence-corrected chi connectivity index (χ4v) is 4.02. The molecule has 1 unspecified atom stereocenters. The summed E-state index contributed by atoms with van der Waals surface area (Å²) in [6, 6.07) is 3.06. The lowest BCUT2D eigenvalue weighted by molar-refractivity contribution is 0.440. The maximum absolute atomic E-state index is 13.2. The van der Waals surface area contributed by atoms with Crippen molar-refractivity contribution in [3.05, 3.63) is 29.0 Å². The third kappa shape index (κ3) is 4.70. The van der Waals surface area contributed by atoms with E-state index in [9.17, 15) is 12.8 Å². The Kier molecular flexibility index (Phi) is 6.23. The molecule has 1 aromatic rings. The Hall–Kier alpha value is -0.170. The van der Waals surface area contributed by atoms with Gasteiger partial charge in [0.15, 0.2) is 0 Å². The second-order valence-corrected chi connectivity index (χ2v) is 7.41. The molecule has 7 heteroatoms. The quantitative estimate of drug-likeness (QED) is 0.776. The molecule has 0 amide bonds. The van der Waals surface area contributed by atoms with Crippen LogP contribution in [-0.2, 0) is 10.0 Å². The Balaban J connectivity index is 3.06. The van der Waals surface area contributed by atoms with Crippen LogP contribution in [0.1, 0.15) is 20.3 Å². The van der Waals surface area contributed by atoms with E-state index in [1.165, 1.54) is 6.07 Å². The average molecular weight is 373 g/mol. The first-order valence-electron chi connectivity index (χ1n) is 5.81. The molecule has 108 valence electrons. The van der Waals surface area contributed by atoms with Gasteiger partial charge in [0.25, 0.3) is 0 Å². The minimum atomic E-state index is -3.82. The third-order valence-corrected chi connectivity index (χ3v) is 5.14. The second kappa shape index (κ2) is 7.02.